The van der Waals surface area contributed by atoms with Crippen LogP contribution in [0.3, 0.4) is 0 Å². The standard InChI is InChI=1S/C43H31NO/c1-42(2)32-17-7-8-18-34(32)43(35-19-9-12-22-40(35)45-41-23-13-10-20-36(41)43)37-26-29(24-25-33(37)42)39-27-31(28-14-4-3-5-15-28)30-16-6-11-21-38(30)44-39/h3-27H,1-2H3. The molecule has 2 heterocycles. The van der Waals surface area contributed by atoms with Gasteiger partial charge in [-0.1, -0.05) is 135 Å². The van der Waals surface area contributed by atoms with E-state index in [1.807, 2.05) is 0 Å². The molecule has 0 amide bonds. The first-order chi connectivity index (χ1) is 22.1. The van der Waals surface area contributed by atoms with Crippen LogP contribution in [0.1, 0.15) is 47.2 Å². The van der Waals surface area contributed by atoms with E-state index in [-0.39, 0.29) is 5.41 Å². The summed E-state index contributed by atoms with van der Waals surface area (Å²) in [6.07, 6.45) is 0. The quantitative estimate of drug-likeness (QED) is 0.204. The van der Waals surface area contributed by atoms with Crippen LogP contribution in [0.4, 0.5) is 0 Å². The van der Waals surface area contributed by atoms with Crippen LogP contribution in [0.5, 0.6) is 11.5 Å². The Hall–Kier alpha value is -5.47. The lowest BCUT2D eigenvalue weighted by atomic mass is 9.53. The number of pyridine rings is 1. The molecule has 0 fully saturated rings. The normalized spacial score (nSPS) is 15.0. The van der Waals surface area contributed by atoms with Gasteiger partial charge in [0.1, 0.15) is 11.5 Å². The summed E-state index contributed by atoms with van der Waals surface area (Å²) in [6, 6.07) is 54.5. The minimum Gasteiger partial charge on any atom is -0.457 e. The second kappa shape index (κ2) is 9.51. The Morgan fingerprint density at radius 2 is 1.04 bits per heavy atom. The molecule has 0 bridgehead atoms. The van der Waals surface area contributed by atoms with Gasteiger partial charge in [-0.05, 0) is 63.7 Å². The molecule has 7 aromatic rings. The SMILES string of the molecule is CC1(C)c2ccccc2C2(c3ccccc3Oc3ccccc32)c2cc(-c3cc(-c4ccccc4)c4ccccc4n3)ccc21. The van der Waals surface area contributed by atoms with E-state index in [4.69, 9.17) is 9.72 Å². The van der Waals surface area contributed by atoms with E-state index in [0.29, 0.717) is 0 Å². The van der Waals surface area contributed by atoms with Gasteiger partial charge in [-0.15, -0.1) is 0 Å². The van der Waals surface area contributed by atoms with Crippen molar-refractivity contribution >= 4 is 10.9 Å². The molecule has 0 saturated carbocycles. The maximum absolute atomic E-state index is 6.60. The molecule has 0 saturated heterocycles. The zero-order valence-corrected chi connectivity index (χ0v) is 25.3. The third kappa shape index (κ3) is 3.60. The van der Waals surface area contributed by atoms with Crippen molar-refractivity contribution in [1.29, 1.82) is 0 Å². The van der Waals surface area contributed by atoms with Crippen LogP contribution < -0.4 is 4.74 Å². The molecule has 6 aromatic carbocycles. The van der Waals surface area contributed by atoms with Crippen LogP contribution in [0.25, 0.3) is 33.3 Å². The van der Waals surface area contributed by atoms with Gasteiger partial charge in [0.2, 0.25) is 0 Å². The smallest absolute Gasteiger partial charge is 0.132 e. The number of nitrogens with zero attached hydrogens (tertiary/aromatic N) is 1. The number of ether oxygens (including phenoxy) is 1. The van der Waals surface area contributed by atoms with Crippen molar-refractivity contribution in [3.8, 4) is 33.9 Å². The zero-order valence-electron chi connectivity index (χ0n) is 25.3. The van der Waals surface area contributed by atoms with Gasteiger partial charge < -0.3 is 4.74 Å². The van der Waals surface area contributed by atoms with Crippen molar-refractivity contribution in [2.45, 2.75) is 24.7 Å². The van der Waals surface area contributed by atoms with Crippen molar-refractivity contribution in [1.82, 2.24) is 4.98 Å². The molecule has 1 spiro atoms. The van der Waals surface area contributed by atoms with E-state index in [0.717, 1.165) is 33.7 Å². The van der Waals surface area contributed by atoms with Gasteiger partial charge in [-0.25, -0.2) is 4.98 Å². The van der Waals surface area contributed by atoms with Crippen LogP contribution in [-0.2, 0) is 10.8 Å². The van der Waals surface area contributed by atoms with E-state index in [1.54, 1.807) is 0 Å². The van der Waals surface area contributed by atoms with Gasteiger partial charge in [-0.2, -0.15) is 0 Å². The van der Waals surface area contributed by atoms with E-state index in [2.05, 4.69) is 166 Å². The summed E-state index contributed by atoms with van der Waals surface area (Å²) in [7, 11) is 0. The molecule has 0 unspecified atom stereocenters. The molecule has 214 valence electrons. The van der Waals surface area contributed by atoms with E-state index in [1.165, 1.54) is 44.5 Å². The lowest BCUT2D eigenvalue weighted by Crippen LogP contribution is -2.43. The number of hydrogen-bond donors (Lipinski definition) is 0. The topological polar surface area (TPSA) is 22.1 Å². The molecule has 9 rings (SSSR count). The molecule has 0 N–H and O–H groups in total. The number of rotatable bonds is 2. The van der Waals surface area contributed by atoms with Crippen molar-refractivity contribution in [3.63, 3.8) is 0 Å². The van der Waals surface area contributed by atoms with Crippen molar-refractivity contribution < 1.29 is 4.74 Å². The van der Waals surface area contributed by atoms with Gasteiger partial charge in [-0.3, -0.25) is 0 Å². The van der Waals surface area contributed by atoms with Crippen LogP contribution in [-0.4, -0.2) is 4.98 Å². The minimum atomic E-state index is -0.554. The van der Waals surface area contributed by atoms with Gasteiger partial charge >= 0.3 is 0 Å². The average Bonchev–Trinajstić information content (AvgIpc) is 3.10. The number of fused-ring (bicyclic) bond motifs is 9. The summed E-state index contributed by atoms with van der Waals surface area (Å²) in [6.45, 7) is 4.71. The highest BCUT2D eigenvalue weighted by atomic mass is 16.5. The molecule has 2 aliphatic rings. The summed E-state index contributed by atoms with van der Waals surface area (Å²) >= 11 is 0. The lowest BCUT2D eigenvalue weighted by Gasteiger charge is -2.50. The minimum absolute atomic E-state index is 0.204. The number of aromatic nitrogens is 1. The van der Waals surface area contributed by atoms with Crippen molar-refractivity contribution in [2.75, 3.05) is 0 Å². The van der Waals surface area contributed by atoms with Crippen LogP contribution >= 0.6 is 0 Å². The Morgan fingerprint density at radius 1 is 0.467 bits per heavy atom. The molecule has 1 aliphatic heterocycles. The second-order valence-electron chi connectivity index (χ2n) is 12.7. The molecule has 2 heteroatoms. The van der Waals surface area contributed by atoms with Crippen LogP contribution in [0.2, 0.25) is 0 Å². The Kier molecular flexibility index (Phi) is 5.49. The summed E-state index contributed by atoms with van der Waals surface area (Å²) in [5.41, 5.74) is 12.3. The lowest BCUT2D eigenvalue weighted by molar-refractivity contribution is 0.425. The van der Waals surface area contributed by atoms with E-state index >= 15 is 0 Å². The fourth-order valence-electron chi connectivity index (χ4n) is 7.96. The van der Waals surface area contributed by atoms with Crippen molar-refractivity contribution in [2.24, 2.45) is 0 Å². The third-order valence-electron chi connectivity index (χ3n) is 10.0. The highest BCUT2D eigenvalue weighted by Crippen LogP contribution is 2.61. The van der Waals surface area contributed by atoms with Gasteiger partial charge in [0, 0.05) is 27.5 Å². The van der Waals surface area contributed by atoms with Crippen LogP contribution in [0, 0.1) is 0 Å². The Morgan fingerprint density at radius 3 is 1.78 bits per heavy atom. The van der Waals surface area contributed by atoms with Gasteiger partial charge in [0.25, 0.3) is 0 Å². The Balaban J connectivity index is 1.39. The second-order valence-corrected chi connectivity index (χ2v) is 12.7. The summed E-state index contributed by atoms with van der Waals surface area (Å²) < 4.78 is 6.60. The van der Waals surface area contributed by atoms with Crippen LogP contribution in [0.15, 0.2) is 152 Å². The fourth-order valence-corrected chi connectivity index (χ4v) is 7.96. The summed E-state index contributed by atoms with van der Waals surface area (Å²) in [5.74, 6) is 1.80. The molecule has 1 aliphatic carbocycles. The molecule has 2 nitrogen and oxygen atoms in total. The van der Waals surface area contributed by atoms with Crippen molar-refractivity contribution in [3.05, 3.63) is 185 Å². The van der Waals surface area contributed by atoms with Gasteiger partial charge in [0.15, 0.2) is 0 Å². The maximum Gasteiger partial charge on any atom is 0.132 e. The zero-order chi connectivity index (χ0) is 30.2. The van der Waals surface area contributed by atoms with E-state index in [9.17, 15) is 0 Å². The predicted molar refractivity (Wildman–Crippen MR) is 183 cm³/mol. The molecule has 0 radical (unpaired) electrons. The number of benzene rings is 6. The maximum atomic E-state index is 6.60. The first-order valence-corrected chi connectivity index (χ1v) is 15.6. The summed E-state index contributed by atoms with van der Waals surface area (Å²) in [5, 5.41) is 1.16. The molecule has 0 atom stereocenters. The Labute approximate surface area is 263 Å². The molecular weight excluding hydrogens is 546 g/mol. The van der Waals surface area contributed by atoms with E-state index < -0.39 is 5.41 Å². The fraction of sp³-hybridized carbons (Fsp3) is 0.0930. The molecule has 45 heavy (non-hydrogen) atoms. The van der Waals surface area contributed by atoms with Gasteiger partial charge in [0.05, 0.1) is 16.6 Å². The Bertz CT molecular complexity index is 2240. The number of para-hydroxylation sites is 3. The first kappa shape index (κ1) is 26.0. The largest absolute Gasteiger partial charge is 0.457 e. The predicted octanol–water partition coefficient (Wildman–Crippen LogP) is 10.7. The third-order valence-corrected chi connectivity index (χ3v) is 10.0. The monoisotopic (exact) mass is 577 g/mol. The summed E-state index contributed by atoms with van der Waals surface area (Å²) in [4.78, 5) is 5.26. The first-order valence-electron chi connectivity index (χ1n) is 15.6. The highest BCUT2D eigenvalue weighted by Gasteiger charge is 2.52. The molecule has 1 aromatic heterocycles. The molecular formula is C43H31NO. The number of hydrogen-bond acceptors (Lipinski definition) is 2. The average molecular weight is 578 g/mol. The highest BCUT2D eigenvalue weighted by molar-refractivity contribution is 5.97.